The van der Waals surface area contributed by atoms with Crippen molar-refractivity contribution in [2.24, 2.45) is 12.1 Å². The molecule has 0 radical (unpaired) electrons. The van der Waals surface area contributed by atoms with Crippen LogP contribution < -0.4 is 5.01 Å². The number of para-hydroxylation sites is 1. The minimum atomic E-state index is -0.0363. The monoisotopic (exact) mass is 318 g/mol. The van der Waals surface area contributed by atoms with Gasteiger partial charge in [-0.1, -0.05) is 12.1 Å². The molecule has 0 atom stereocenters. The van der Waals surface area contributed by atoms with E-state index in [1.165, 1.54) is 5.01 Å². The van der Waals surface area contributed by atoms with Crippen LogP contribution in [0.2, 0.25) is 0 Å². The summed E-state index contributed by atoms with van der Waals surface area (Å²) >= 11 is 3.43. The molecule has 0 fully saturated rings. The van der Waals surface area contributed by atoms with Crippen LogP contribution >= 0.6 is 15.9 Å². The van der Waals surface area contributed by atoms with E-state index in [4.69, 9.17) is 0 Å². The van der Waals surface area contributed by atoms with E-state index in [9.17, 15) is 4.79 Å². The van der Waals surface area contributed by atoms with Gasteiger partial charge in [-0.15, -0.1) is 0 Å². The van der Waals surface area contributed by atoms with Crippen molar-refractivity contribution in [2.45, 2.75) is 6.42 Å². The molecule has 19 heavy (non-hydrogen) atoms. The van der Waals surface area contributed by atoms with E-state index in [1.54, 1.807) is 10.9 Å². The number of anilines is 1. The number of hydrogen-bond donors (Lipinski definition) is 0. The molecule has 96 valence electrons. The fourth-order valence-electron chi connectivity index (χ4n) is 1.97. The van der Waals surface area contributed by atoms with Gasteiger partial charge in [0.15, 0.2) is 0 Å². The van der Waals surface area contributed by atoms with Crippen LogP contribution in [-0.4, -0.2) is 21.4 Å². The van der Waals surface area contributed by atoms with Crippen molar-refractivity contribution >= 4 is 33.2 Å². The molecule has 0 saturated carbocycles. The van der Waals surface area contributed by atoms with Gasteiger partial charge >= 0.3 is 0 Å². The number of benzene rings is 1. The third-order valence-electron chi connectivity index (χ3n) is 2.89. The van der Waals surface area contributed by atoms with Gasteiger partial charge in [0.05, 0.1) is 24.0 Å². The Morgan fingerprint density at radius 3 is 2.79 bits per heavy atom. The first-order chi connectivity index (χ1) is 9.15. The molecule has 3 rings (SSSR count). The number of amides is 1. The van der Waals surface area contributed by atoms with E-state index in [1.807, 2.05) is 37.5 Å². The third-order valence-corrected chi connectivity index (χ3v) is 3.56. The molecule has 0 N–H and O–H groups in total. The van der Waals surface area contributed by atoms with Gasteiger partial charge in [0.25, 0.3) is 5.91 Å². The Morgan fingerprint density at radius 2 is 2.11 bits per heavy atom. The summed E-state index contributed by atoms with van der Waals surface area (Å²) in [6.07, 6.45) is 3.87. The molecular formula is C13H11BrN4O. The minimum absolute atomic E-state index is 0.0363. The van der Waals surface area contributed by atoms with Crippen molar-refractivity contribution in [3.8, 4) is 0 Å². The Morgan fingerprint density at radius 1 is 1.32 bits per heavy atom. The van der Waals surface area contributed by atoms with Gasteiger partial charge in [-0.3, -0.25) is 9.48 Å². The first-order valence-electron chi connectivity index (χ1n) is 5.79. The highest BCUT2D eigenvalue weighted by Crippen LogP contribution is 2.29. The summed E-state index contributed by atoms with van der Waals surface area (Å²) in [5.74, 6) is -0.0363. The molecule has 2 heterocycles. The van der Waals surface area contributed by atoms with Crippen molar-refractivity contribution in [1.29, 1.82) is 0 Å². The number of carbonyl (C=O) groups excluding carboxylic acids is 1. The lowest BCUT2D eigenvalue weighted by Crippen LogP contribution is -2.19. The zero-order chi connectivity index (χ0) is 13.4. The molecule has 0 spiro atoms. The summed E-state index contributed by atoms with van der Waals surface area (Å²) < 4.78 is 2.54. The van der Waals surface area contributed by atoms with Crippen LogP contribution in [0.15, 0.2) is 46.2 Å². The lowest BCUT2D eigenvalue weighted by molar-refractivity contribution is -0.116. The van der Waals surface area contributed by atoms with Crippen molar-refractivity contribution in [3.05, 3.63) is 46.7 Å². The molecule has 6 heteroatoms. The number of rotatable bonds is 2. The predicted octanol–water partition coefficient (Wildman–Crippen LogP) is 2.32. The molecule has 1 amide bonds. The van der Waals surface area contributed by atoms with Gasteiger partial charge in [0.2, 0.25) is 0 Å². The summed E-state index contributed by atoms with van der Waals surface area (Å²) in [7, 11) is 1.84. The zero-order valence-electron chi connectivity index (χ0n) is 10.2. The molecule has 1 aliphatic rings. The minimum Gasteiger partial charge on any atom is -0.275 e. The molecule has 5 nitrogen and oxygen atoms in total. The highest BCUT2D eigenvalue weighted by atomic mass is 79.9. The van der Waals surface area contributed by atoms with Crippen LogP contribution in [0, 0.1) is 0 Å². The first-order valence-corrected chi connectivity index (χ1v) is 6.58. The molecule has 0 unspecified atom stereocenters. The maximum Gasteiger partial charge on any atom is 0.253 e. The summed E-state index contributed by atoms with van der Waals surface area (Å²) in [4.78, 5) is 12.1. The molecule has 0 aliphatic carbocycles. The Kier molecular flexibility index (Phi) is 2.94. The summed E-state index contributed by atoms with van der Waals surface area (Å²) in [6, 6.07) is 7.53. The van der Waals surface area contributed by atoms with Crippen molar-refractivity contribution < 1.29 is 4.79 Å². The van der Waals surface area contributed by atoms with Crippen LogP contribution in [0.3, 0.4) is 0 Å². The highest BCUT2D eigenvalue weighted by Gasteiger charge is 2.27. The number of hydrazone groups is 1. The first kappa shape index (κ1) is 12.1. The normalized spacial score (nSPS) is 14.9. The van der Waals surface area contributed by atoms with Gasteiger partial charge in [-0.05, 0) is 28.1 Å². The van der Waals surface area contributed by atoms with Gasteiger partial charge in [-0.25, -0.2) is 0 Å². The standard InChI is InChI=1S/C13H11BrN4O/c1-17-8-9(7-15-17)11-6-13(19)18(16-11)12-5-3-2-4-10(12)14/h2-5,7-8H,6H2,1H3. The molecule has 2 aromatic rings. The maximum atomic E-state index is 12.1. The highest BCUT2D eigenvalue weighted by molar-refractivity contribution is 9.10. The Hall–Kier alpha value is -1.95. The smallest absolute Gasteiger partial charge is 0.253 e. The van der Waals surface area contributed by atoms with Crippen molar-refractivity contribution in [2.75, 3.05) is 5.01 Å². The number of hydrogen-bond acceptors (Lipinski definition) is 3. The summed E-state index contributed by atoms with van der Waals surface area (Å²) in [6.45, 7) is 0. The van der Waals surface area contributed by atoms with E-state index in [0.29, 0.717) is 6.42 Å². The number of halogens is 1. The number of aromatic nitrogens is 2. The van der Waals surface area contributed by atoms with Gasteiger partial charge in [0, 0.05) is 23.3 Å². The average molecular weight is 319 g/mol. The van der Waals surface area contributed by atoms with E-state index in [-0.39, 0.29) is 5.91 Å². The van der Waals surface area contributed by atoms with E-state index in [2.05, 4.69) is 26.1 Å². The maximum absolute atomic E-state index is 12.1. The van der Waals surface area contributed by atoms with E-state index in [0.717, 1.165) is 21.4 Å². The van der Waals surface area contributed by atoms with Crippen LogP contribution in [0.5, 0.6) is 0 Å². The molecule has 1 aromatic carbocycles. The number of carbonyl (C=O) groups is 1. The Labute approximate surface area is 118 Å². The van der Waals surface area contributed by atoms with Crippen molar-refractivity contribution in [3.63, 3.8) is 0 Å². The topological polar surface area (TPSA) is 50.5 Å². The Balaban J connectivity index is 1.98. The van der Waals surface area contributed by atoms with Crippen LogP contribution in [0.4, 0.5) is 5.69 Å². The number of nitrogens with zero attached hydrogens (tertiary/aromatic N) is 4. The van der Waals surface area contributed by atoms with Crippen LogP contribution in [0.25, 0.3) is 0 Å². The summed E-state index contributed by atoms with van der Waals surface area (Å²) in [5, 5.41) is 9.94. The SMILES string of the molecule is Cn1cc(C2=NN(c3ccccc3Br)C(=O)C2)cn1. The third kappa shape index (κ3) is 2.19. The fraction of sp³-hybridized carbons (Fsp3) is 0.154. The second kappa shape index (κ2) is 4.62. The zero-order valence-corrected chi connectivity index (χ0v) is 11.8. The quantitative estimate of drug-likeness (QED) is 0.853. The number of aryl methyl sites for hydroxylation is 1. The van der Waals surface area contributed by atoms with Gasteiger partial charge < -0.3 is 0 Å². The molecule has 1 aliphatic heterocycles. The molecule has 1 aromatic heterocycles. The van der Waals surface area contributed by atoms with Crippen LogP contribution in [-0.2, 0) is 11.8 Å². The van der Waals surface area contributed by atoms with E-state index < -0.39 is 0 Å². The van der Waals surface area contributed by atoms with Gasteiger partial charge in [-0.2, -0.15) is 15.2 Å². The second-order valence-corrected chi connectivity index (χ2v) is 5.14. The lowest BCUT2D eigenvalue weighted by Gasteiger charge is -2.12. The Bertz CT molecular complexity index is 677. The predicted molar refractivity (Wildman–Crippen MR) is 76.0 cm³/mol. The molecule has 0 bridgehead atoms. The second-order valence-electron chi connectivity index (χ2n) is 4.28. The molecular weight excluding hydrogens is 308 g/mol. The summed E-state index contributed by atoms with van der Waals surface area (Å²) in [5.41, 5.74) is 2.38. The largest absolute Gasteiger partial charge is 0.275 e. The lowest BCUT2D eigenvalue weighted by atomic mass is 10.1. The fourth-order valence-corrected chi connectivity index (χ4v) is 2.42. The average Bonchev–Trinajstić information content (AvgIpc) is 2.96. The van der Waals surface area contributed by atoms with Gasteiger partial charge in [0.1, 0.15) is 0 Å². The van der Waals surface area contributed by atoms with Crippen molar-refractivity contribution in [1.82, 2.24) is 9.78 Å². The molecule has 0 saturated heterocycles. The van der Waals surface area contributed by atoms with E-state index >= 15 is 0 Å². The van der Waals surface area contributed by atoms with Crippen LogP contribution in [0.1, 0.15) is 12.0 Å².